The van der Waals surface area contributed by atoms with E-state index in [0.717, 1.165) is 5.56 Å². The molecule has 2 aromatic rings. The quantitative estimate of drug-likeness (QED) is 0.644. The van der Waals surface area contributed by atoms with Crippen LogP contribution in [-0.4, -0.2) is 4.98 Å². The minimum atomic E-state index is -0.256. The van der Waals surface area contributed by atoms with E-state index in [2.05, 4.69) is 11.1 Å². The summed E-state index contributed by atoms with van der Waals surface area (Å²) in [7, 11) is 0. The van der Waals surface area contributed by atoms with Gasteiger partial charge < -0.3 is 0 Å². The van der Waals surface area contributed by atoms with E-state index in [1.165, 1.54) is 6.07 Å². The van der Waals surface area contributed by atoms with Gasteiger partial charge in [-0.05, 0) is 29.8 Å². The molecule has 0 spiro atoms. The molecule has 1 heterocycles. The van der Waals surface area contributed by atoms with Gasteiger partial charge in [-0.25, -0.2) is 4.39 Å². The third kappa shape index (κ3) is 1.56. The van der Waals surface area contributed by atoms with Crippen LogP contribution in [0.15, 0.2) is 42.7 Å². The molecule has 0 bridgehead atoms. The van der Waals surface area contributed by atoms with Crippen LogP contribution in [0.3, 0.4) is 0 Å². The van der Waals surface area contributed by atoms with Crippen molar-refractivity contribution in [3.63, 3.8) is 0 Å². The van der Waals surface area contributed by atoms with Crippen LogP contribution < -0.4 is 0 Å². The maximum atomic E-state index is 13.2. The van der Waals surface area contributed by atoms with Gasteiger partial charge in [0, 0.05) is 18.0 Å². The molecule has 0 atom stereocenters. The van der Waals surface area contributed by atoms with Gasteiger partial charge in [-0.1, -0.05) is 12.1 Å². The van der Waals surface area contributed by atoms with Crippen molar-refractivity contribution in [2.45, 2.75) is 0 Å². The Labute approximate surface area is 75.9 Å². The largest absolute Gasteiger partial charge is 0.265 e. The molecule has 1 radical (unpaired) electrons. The molecule has 0 aliphatic heterocycles. The van der Waals surface area contributed by atoms with Crippen LogP contribution >= 0.6 is 0 Å². The molecule has 1 aromatic carbocycles. The zero-order valence-corrected chi connectivity index (χ0v) is 6.87. The van der Waals surface area contributed by atoms with Gasteiger partial charge in [0.05, 0.1) is 0 Å². The summed E-state index contributed by atoms with van der Waals surface area (Å²) in [5, 5.41) is 0. The predicted octanol–water partition coefficient (Wildman–Crippen LogP) is 2.69. The molecule has 2 heteroatoms. The topological polar surface area (TPSA) is 12.9 Å². The lowest BCUT2D eigenvalue weighted by Crippen LogP contribution is -1.83. The van der Waals surface area contributed by atoms with Crippen LogP contribution in [0.25, 0.3) is 11.1 Å². The van der Waals surface area contributed by atoms with Crippen molar-refractivity contribution in [3.8, 4) is 11.1 Å². The Kier molecular flexibility index (Phi) is 2.04. The third-order valence-corrected chi connectivity index (χ3v) is 1.77. The summed E-state index contributed by atoms with van der Waals surface area (Å²) in [4.78, 5) is 3.86. The number of hydrogen-bond donors (Lipinski definition) is 0. The predicted molar refractivity (Wildman–Crippen MR) is 48.5 cm³/mol. The average molecular weight is 172 g/mol. The summed E-state index contributed by atoms with van der Waals surface area (Å²) < 4.78 is 13.2. The zero-order valence-electron chi connectivity index (χ0n) is 6.87. The van der Waals surface area contributed by atoms with Gasteiger partial charge in [-0.2, -0.15) is 0 Å². The molecular weight excluding hydrogens is 165 g/mol. The zero-order chi connectivity index (χ0) is 9.10. The van der Waals surface area contributed by atoms with E-state index < -0.39 is 0 Å². The summed E-state index contributed by atoms with van der Waals surface area (Å²) >= 11 is 0. The van der Waals surface area contributed by atoms with Crippen LogP contribution in [0.4, 0.5) is 4.39 Å². The van der Waals surface area contributed by atoms with Crippen molar-refractivity contribution in [2.24, 2.45) is 0 Å². The molecular formula is C11H7FN. The molecule has 0 aliphatic rings. The molecule has 1 nitrogen and oxygen atoms in total. The van der Waals surface area contributed by atoms with Crippen LogP contribution in [-0.2, 0) is 0 Å². The average Bonchev–Trinajstić information content (AvgIpc) is 2.20. The second-order valence-electron chi connectivity index (χ2n) is 2.63. The smallest absolute Gasteiger partial charge is 0.131 e. The van der Waals surface area contributed by atoms with Crippen LogP contribution in [0.5, 0.6) is 0 Å². The summed E-state index contributed by atoms with van der Waals surface area (Å²) in [5.74, 6) is -0.256. The molecule has 0 aliphatic carbocycles. The number of nitrogens with zero attached hydrogens (tertiary/aromatic N) is 1. The molecule has 13 heavy (non-hydrogen) atoms. The van der Waals surface area contributed by atoms with Gasteiger partial charge in [0.15, 0.2) is 0 Å². The monoisotopic (exact) mass is 172 g/mol. The van der Waals surface area contributed by atoms with E-state index in [1.54, 1.807) is 36.7 Å². The van der Waals surface area contributed by atoms with E-state index in [9.17, 15) is 4.39 Å². The van der Waals surface area contributed by atoms with E-state index in [0.29, 0.717) is 5.56 Å². The van der Waals surface area contributed by atoms with Crippen LogP contribution in [0, 0.1) is 11.9 Å². The lowest BCUT2D eigenvalue weighted by Gasteiger charge is -2.00. The van der Waals surface area contributed by atoms with Crippen LogP contribution in [0.1, 0.15) is 0 Å². The summed E-state index contributed by atoms with van der Waals surface area (Å²) in [6, 6.07) is 11.1. The summed E-state index contributed by atoms with van der Waals surface area (Å²) in [6.45, 7) is 0. The van der Waals surface area contributed by atoms with Crippen molar-refractivity contribution in [3.05, 3.63) is 54.6 Å². The van der Waals surface area contributed by atoms with Gasteiger partial charge in [-0.15, -0.1) is 0 Å². The summed E-state index contributed by atoms with van der Waals surface area (Å²) in [6.07, 6.45) is 3.27. The fourth-order valence-electron chi connectivity index (χ4n) is 1.16. The highest BCUT2D eigenvalue weighted by Gasteiger charge is 2.02. The van der Waals surface area contributed by atoms with Gasteiger partial charge in [0.25, 0.3) is 0 Å². The Bertz CT molecular complexity index is 398. The van der Waals surface area contributed by atoms with Crippen molar-refractivity contribution in [1.82, 2.24) is 4.98 Å². The fraction of sp³-hybridized carbons (Fsp3) is 0. The first kappa shape index (κ1) is 7.92. The van der Waals surface area contributed by atoms with Gasteiger partial charge >= 0.3 is 0 Å². The Morgan fingerprint density at radius 2 is 1.92 bits per heavy atom. The highest BCUT2D eigenvalue weighted by Crippen LogP contribution is 2.20. The number of halogens is 1. The molecule has 0 N–H and O–H groups in total. The van der Waals surface area contributed by atoms with Crippen molar-refractivity contribution in [1.29, 1.82) is 0 Å². The number of benzene rings is 1. The van der Waals surface area contributed by atoms with E-state index in [1.807, 2.05) is 0 Å². The number of aromatic nitrogens is 1. The Morgan fingerprint density at radius 3 is 2.62 bits per heavy atom. The molecule has 2 rings (SSSR count). The minimum Gasteiger partial charge on any atom is -0.265 e. The third-order valence-electron chi connectivity index (χ3n) is 1.77. The maximum Gasteiger partial charge on any atom is 0.131 e. The Morgan fingerprint density at radius 1 is 1.15 bits per heavy atom. The van der Waals surface area contributed by atoms with Gasteiger partial charge in [0.1, 0.15) is 5.82 Å². The summed E-state index contributed by atoms with van der Waals surface area (Å²) in [5.41, 5.74) is 1.29. The molecule has 0 saturated heterocycles. The maximum absolute atomic E-state index is 13.2. The van der Waals surface area contributed by atoms with Crippen molar-refractivity contribution >= 4 is 0 Å². The van der Waals surface area contributed by atoms with E-state index >= 15 is 0 Å². The van der Waals surface area contributed by atoms with E-state index in [-0.39, 0.29) is 5.82 Å². The first-order valence-corrected chi connectivity index (χ1v) is 3.94. The van der Waals surface area contributed by atoms with Crippen molar-refractivity contribution < 1.29 is 4.39 Å². The first-order chi connectivity index (χ1) is 6.38. The number of rotatable bonds is 1. The normalized spacial score (nSPS) is 9.92. The number of hydrogen-bond acceptors (Lipinski definition) is 1. The molecule has 1 aromatic heterocycles. The number of pyridine rings is 1. The molecule has 0 saturated carbocycles. The van der Waals surface area contributed by atoms with Crippen LogP contribution in [0.2, 0.25) is 0 Å². The molecule has 63 valence electrons. The Hall–Kier alpha value is -1.70. The van der Waals surface area contributed by atoms with E-state index in [4.69, 9.17) is 0 Å². The molecule has 0 unspecified atom stereocenters. The first-order valence-electron chi connectivity index (χ1n) is 3.94. The second-order valence-corrected chi connectivity index (χ2v) is 2.63. The highest BCUT2D eigenvalue weighted by molar-refractivity contribution is 5.62. The van der Waals surface area contributed by atoms with Gasteiger partial charge in [0.2, 0.25) is 0 Å². The Balaban J connectivity index is 2.54. The molecule has 0 amide bonds. The lowest BCUT2D eigenvalue weighted by molar-refractivity contribution is 0.631. The lowest BCUT2D eigenvalue weighted by atomic mass is 10.1. The second kappa shape index (κ2) is 3.35. The highest BCUT2D eigenvalue weighted by atomic mass is 19.1. The minimum absolute atomic E-state index is 0.256. The van der Waals surface area contributed by atoms with Gasteiger partial charge in [-0.3, -0.25) is 4.98 Å². The molecule has 0 fully saturated rings. The SMILES string of the molecule is Fc1ccc[c]c1-c1ccncc1. The fourth-order valence-corrected chi connectivity index (χ4v) is 1.16. The van der Waals surface area contributed by atoms with Crippen molar-refractivity contribution in [2.75, 3.05) is 0 Å². The standard InChI is InChI=1S/C11H7FN/c12-11-4-2-1-3-10(11)9-5-7-13-8-6-9/h1-2,4-8H.